The Morgan fingerprint density at radius 2 is 1.79 bits per heavy atom. The number of hydrogen-bond acceptors (Lipinski definition) is 5. The fourth-order valence-electron chi connectivity index (χ4n) is 2.03. The van der Waals surface area contributed by atoms with Crippen LogP contribution in [0.4, 0.5) is 28.2 Å². The summed E-state index contributed by atoms with van der Waals surface area (Å²) in [5.74, 6) is -3.35. The molecule has 0 aliphatic heterocycles. The maximum atomic E-state index is 13.9. The van der Waals surface area contributed by atoms with Crippen LogP contribution in [0, 0.1) is 5.82 Å². The average Bonchev–Trinajstić information content (AvgIpc) is 2.64. The number of amides is 2. The first-order chi connectivity index (χ1) is 13.6. The van der Waals surface area contributed by atoms with Gasteiger partial charge in [-0.25, -0.2) is 19.0 Å². The molecule has 1 heterocycles. The monoisotopic (exact) mass is 435 g/mol. The zero-order valence-electron chi connectivity index (χ0n) is 14.7. The molecule has 156 valence electrons. The predicted octanol–water partition coefficient (Wildman–Crippen LogP) is 3.90. The molecule has 0 saturated carbocycles. The Labute approximate surface area is 167 Å². The fourth-order valence-corrected chi connectivity index (χ4v) is 2.14. The number of carbonyl (C=O) groups is 2. The van der Waals surface area contributed by atoms with Crippen LogP contribution in [0.25, 0.3) is 0 Å². The van der Waals surface area contributed by atoms with E-state index >= 15 is 0 Å². The van der Waals surface area contributed by atoms with Crippen LogP contribution in [0.5, 0.6) is 5.75 Å². The molecule has 0 fully saturated rings. The number of nitrogens with one attached hydrogen (secondary N) is 2. The lowest BCUT2D eigenvalue weighted by atomic mass is 10.2. The highest BCUT2D eigenvalue weighted by Crippen LogP contribution is 2.34. The molecule has 0 bridgehead atoms. The van der Waals surface area contributed by atoms with Gasteiger partial charge < -0.3 is 9.47 Å². The van der Waals surface area contributed by atoms with E-state index in [0.29, 0.717) is 0 Å². The Morgan fingerprint density at radius 1 is 1.14 bits per heavy atom. The van der Waals surface area contributed by atoms with E-state index in [9.17, 15) is 27.2 Å². The molecular formula is C17H14ClF4N3O4. The van der Waals surface area contributed by atoms with Crippen molar-refractivity contribution in [3.05, 3.63) is 53.4 Å². The van der Waals surface area contributed by atoms with Crippen molar-refractivity contribution >= 4 is 29.4 Å². The number of pyridine rings is 1. The van der Waals surface area contributed by atoms with Gasteiger partial charge in [0.1, 0.15) is 17.4 Å². The zero-order chi connectivity index (χ0) is 21.7. The molecule has 0 aliphatic rings. The van der Waals surface area contributed by atoms with Crippen LogP contribution in [0.2, 0.25) is 5.02 Å². The van der Waals surface area contributed by atoms with E-state index in [2.05, 4.69) is 9.72 Å². The third-order valence-corrected chi connectivity index (χ3v) is 3.53. The van der Waals surface area contributed by atoms with Gasteiger partial charge in [-0.15, -0.1) is 0 Å². The normalized spacial score (nSPS) is 13.2. The van der Waals surface area contributed by atoms with Crippen LogP contribution in [-0.2, 0) is 9.53 Å². The molecule has 0 aliphatic carbocycles. The first-order valence-electron chi connectivity index (χ1n) is 7.96. The lowest BCUT2D eigenvalue weighted by Gasteiger charge is -2.33. The number of carbonyl (C=O) groups excluding carboxylic acids is 2. The van der Waals surface area contributed by atoms with Crippen molar-refractivity contribution in [3.8, 4) is 5.75 Å². The molecule has 2 amide bonds. The molecule has 0 radical (unpaired) electrons. The molecule has 2 aromatic rings. The minimum absolute atomic E-state index is 0.145. The number of esters is 1. The number of alkyl halides is 3. The number of rotatable bonds is 6. The Hall–Kier alpha value is -3.08. The van der Waals surface area contributed by atoms with Crippen molar-refractivity contribution in [2.24, 2.45) is 0 Å². The van der Waals surface area contributed by atoms with Crippen LogP contribution in [0.1, 0.15) is 6.92 Å². The number of halogens is 5. The van der Waals surface area contributed by atoms with Gasteiger partial charge in [0, 0.05) is 6.20 Å². The smallest absolute Gasteiger partial charge is 0.460 e. The van der Waals surface area contributed by atoms with Gasteiger partial charge in [-0.1, -0.05) is 11.6 Å². The second kappa shape index (κ2) is 8.95. The molecule has 1 aromatic carbocycles. The number of urea groups is 1. The van der Waals surface area contributed by atoms with Crippen LogP contribution in [-0.4, -0.2) is 35.5 Å². The molecule has 0 saturated heterocycles. The fraction of sp³-hybridized carbons (Fsp3) is 0.235. The Balaban J connectivity index is 2.37. The largest absolute Gasteiger partial charge is 0.461 e. The molecule has 0 unspecified atom stereocenters. The second-order valence-corrected chi connectivity index (χ2v) is 5.83. The zero-order valence-corrected chi connectivity index (χ0v) is 15.5. The number of anilines is 1. The Morgan fingerprint density at radius 3 is 2.31 bits per heavy atom. The van der Waals surface area contributed by atoms with E-state index in [4.69, 9.17) is 16.3 Å². The van der Waals surface area contributed by atoms with E-state index in [-0.39, 0.29) is 10.8 Å². The van der Waals surface area contributed by atoms with Gasteiger partial charge in [-0.05, 0) is 43.3 Å². The first kappa shape index (κ1) is 22.2. The lowest BCUT2D eigenvalue weighted by Crippen LogP contribution is -2.69. The molecular weight excluding hydrogens is 422 g/mol. The minimum atomic E-state index is -5.45. The van der Waals surface area contributed by atoms with Gasteiger partial charge in [-0.3, -0.25) is 10.6 Å². The number of ether oxygens (including phenoxy) is 2. The summed E-state index contributed by atoms with van der Waals surface area (Å²) in [5.41, 5.74) is -3.91. The molecule has 29 heavy (non-hydrogen) atoms. The van der Waals surface area contributed by atoms with Gasteiger partial charge >= 0.3 is 23.9 Å². The maximum absolute atomic E-state index is 13.9. The van der Waals surface area contributed by atoms with Gasteiger partial charge in [0.2, 0.25) is 0 Å². The van der Waals surface area contributed by atoms with Crippen LogP contribution in [0.15, 0.2) is 42.6 Å². The number of nitrogens with zero attached hydrogens (tertiary/aromatic N) is 1. The van der Waals surface area contributed by atoms with Gasteiger partial charge in [-0.2, -0.15) is 13.2 Å². The summed E-state index contributed by atoms with van der Waals surface area (Å²) in [4.78, 5) is 28.1. The molecule has 2 N–H and O–H groups in total. The SMILES string of the molecule is CCOC(=O)[C@](NC(=O)Nc1ccc(Cl)cn1)(Oc1ccc(F)cc1)C(F)(F)F. The quantitative estimate of drug-likeness (QED) is 0.408. The number of hydrogen-bond donors (Lipinski definition) is 2. The third-order valence-electron chi connectivity index (χ3n) is 3.31. The van der Waals surface area contributed by atoms with E-state index < -0.39 is 42.1 Å². The summed E-state index contributed by atoms with van der Waals surface area (Å²) >= 11 is 5.64. The highest BCUT2D eigenvalue weighted by Gasteiger charge is 2.66. The number of benzene rings is 1. The molecule has 0 spiro atoms. The van der Waals surface area contributed by atoms with Crippen molar-refractivity contribution in [2.45, 2.75) is 18.8 Å². The Bertz CT molecular complexity index is 862. The van der Waals surface area contributed by atoms with Crippen LogP contribution >= 0.6 is 11.6 Å². The summed E-state index contributed by atoms with van der Waals surface area (Å²) < 4.78 is 64.0. The van der Waals surface area contributed by atoms with E-state index in [1.807, 2.05) is 5.32 Å². The summed E-state index contributed by atoms with van der Waals surface area (Å²) in [7, 11) is 0. The predicted molar refractivity (Wildman–Crippen MR) is 93.8 cm³/mol. The third kappa shape index (κ3) is 5.47. The van der Waals surface area contributed by atoms with Gasteiger partial charge in [0.15, 0.2) is 0 Å². The highest BCUT2D eigenvalue weighted by atomic mass is 35.5. The lowest BCUT2D eigenvalue weighted by molar-refractivity contribution is -0.259. The van der Waals surface area contributed by atoms with E-state index in [1.165, 1.54) is 24.4 Å². The maximum Gasteiger partial charge on any atom is 0.460 e. The summed E-state index contributed by atoms with van der Waals surface area (Å²) in [5, 5.41) is 3.69. The minimum Gasteiger partial charge on any atom is -0.461 e. The second-order valence-electron chi connectivity index (χ2n) is 5.40. The standard InChI is InChI=1S/C17H14ClF4N3O4/c1-2-28-14(26)16(17(20,21)22,29-12-6-4-11(19)5-7-12)25-15(27)24-13-8-3-10(18)9-23-13/h3-9H,2H2,1H3,(H2,23,24,25,27)/t16-/m0/s1. The van der Waals surface area contributed by atoms with Crippen molar-refractivity contribution in [2.75, 3.05) is 11.9 Å². The average molecular weight is 436 g/mol. The first-order valence-corrected chi connectivity index (χ1v) is 8.34. The van der Waals surface area contributed by atoms with Gasteiger partial charge in [0.25, 0.3) is 0 Å². The van der Waals surface area contributed by atoms with Crippen molar-refractivity contribution in [1.82, 2.24) is 10.3 Å². The molecule has 2 rings (SSSR count). The molecule has 7 nitrogen and oxygen atoms in total. The van der Waals surface area contributed by atoms with E-state index in [0.717, 1.165) is 30.5 Å². The van der Waals surface area contributed by atoms with Crippen LogP contribution < -0.4 is 15.4 Å². The van der Waals surface area contributed by atoms with Crippen molar-refractivity contribution in [3.63, 3.8) is 0 Å². The topological polar surface area (TPSA) is 89.5 Å². The molecule has 1 atom stereocenters. The number of aromatic nitrogens is 1. The van der Waals surface area contributed by atoms with Crippen LogP contribution in [0.3, 0.4) is 0 Å². The molecule has 12 heteroatoms. The summed E-state index contributed by atoms with van der Waals surface area (Å²) in [6.07, 6.45) is -4.30. The summed E-state index contributed by atoms with van der Waals surface area (Å²) in [6.45, 7) is 0.847. The Kier molecular flexibility index (Phi) is 6.85. The van der Waals surface area contributed by atoms with Gasteiger partial charge in [0.05, 0.1) is 11.6 Å². The summed E-state index contributed by atoms with van der Waals surface area (Å²) in [6, 6.07) is 4.44. The van der Waals surface area contributed by atoms with Crippen molar-refractivity contribution < 1.29 is 36.6 Å². The van der Waals surface area contributed by atoms with Crippen molar-refractivity contribution in [1.29, 1.82) is 0 Å². The van der Waals surface area contributed by atoms with E-state index in [1.54, 1.807) is 0 Å². The highest BCUT2D eigenvalue weighted by molar-refractivity contribution is 6.30. The molecule has 1 aromatic heterocycles.